The average molecular weight is 181 g/mol. The Morgan fingerprint density at radius 3 is 3.08 bits per heavy atom. The van der Waals surface area contributed by atoms with Crippen molar-refractivity contribution in [3.8, 4) is 0 Å². The standard InChI is InChI=1S/C9H11NO3/c11-8-7-5(4-10-8)2-1-3-6(7)9(12)13/h1-2,5-7H,3-4H2,(H,10,11)(H,12,13)/t5-,6-,7+/m0/s1. The van der Waals surface area contributed by atoms with Gasteiger partial charge in [0.1, 0.15) is 0 Å². The van der Waals surface area contributed by atoms with E-state index >= 15 is 0 Å². The normalized spacial score (nSPS) is 36.9. The molecular weight excluding hydrogens is 170 g/mol. The number of amides is 1. The number of carboxylic acids is 1. The van der Waals surface area contributed by atoms with Gasteiger partial charge in [-0.15, -0.1) is 0 Å². The lowest BCUT2D eigenvalue weighted by Crippen LogP contribution is -2.33. The van der Waals surface area contributed by atoms with Crippen molar-refractivity contribution in [3.05, 3.63) is 12.2 Å². The molecule has 1 amide bonds. The topological polar surface area (TPSA) is 66.4 Å². The van der Waals surface area contributed by atoms with Crippen molar-refractivity contribution in [3.63, 3.8) is 0 Å². The first-order valence-corrected chi connectivity index (χ1v) is 4.37. The third kappa shape index (κ3) is 1.22. The fraction of sp³-hybridized carbons (Fsp3) is 0.556. The van der Waals surface area contributed by atoms with Crippen molar-refractivity contribution in [2.24, 2.45) is 17.8 Å². The van der Waals surface area contributed by atoms with Crippen LogP contribution in [0.25, 0.3) is 0 Å². The van der Waals surface area contributed by atoms with Gasteiger partial charge in [0.2, 0.25) is 5.91 Å². The largest absolute Gasteiger partial charge is 0.481 e. The lowest BCUT2D eigenvalue weighted by Gasteiger charge is -2.23. The van der Waals surface area contributed by atoms with Crippen LogP contribution < -0.4 is 5.32 Å². The van der Waals surface area contributed by atoms with Gasteiger partial charge < -0.3 is 10.4 Å². The number of fused-ring (bicyclic) bond motifs is 1. The first-order chi connectivity index (χ1) is 6.20. The van der Waals surface area contributed by atoms with Crippen LogP contribution in [-0.4, -0.2) is 23.5 Å². The van der Waals surface area contributed by atoms with Gasteiger partial charge in [-0.2, -0.15) is 0 Å². The molecule has 0 unspecified atom stereocenters. The number of carboxylic acid groups (broad SMARTS) is 1. The van der Waals surface area contributed by atoms with E-state index in [2.05, 4.69) is 5.32 Å². The van der Waals surface area contributed by atoms with Gasteiger partial charge >= 0.3 is 5.97 Å². The van der Waals surface area contributed by atoms with E-state index in [4.69, 9.17) is 5.11 Å². The maximum Gasteiger partial charge on any atom is 0.307 e. The minimum Gasteiger partial charge on any atom is -0.481 e. The molecule has 13 heavy (non-hydrogen) atoms. The molecule has 2 aliphatic rings. The smallest absolute Gasteiger partial charge is 0.307 e. The molecule has 2 N–H and O–H groups in total. The van der Waals surface area contributed by atoms with Crippen molar-refractivity contribution in [2.45, 2.75) is 6.42 Å². The highest BCUT2D eigenvalue weighted by Gasteiger charge is 2.43. The fourth-order valence-corrected chi connectivity index (χ4v) is 2.13. The summed E-state index contributed by atoms with van der Waals surface area (Å²) in [5, 5.41) is 11.6. The molecule has 0 spiro atoms. The Hall–Kier alpha value is -1.32. The number of hydrogen-bond acceptors (Lipinski definition) is 2. The first-order valence-electron chi connectivity index (χ1n) is 4.37. The number of hydrogen-bond donors (Lipinski definition) is 2. The zero-order valence-electron chi connectivity index (χ0n) is 7.06. The minimum atomic E-state index is -0.864. The van der Waals surface area contributed by atoms with E-state index < -0.39 is 11.9 Å². The summed E-state index contributed by atoms with van der Waals surface area (Å²) in [6, 6.07) is 0. The van der Waals surface area contributed by atoms with Crippen LogP contribution in [0.2, 0.25) is 0 Å². The molecule has 1 heterocycles. The summed E-state index contributed by atoms with van der Waals surface area (Å²) < 4.78 is 0. The third-order valence-corrected chi connectivity index (χ3v) is 2.80. The number of allylic oxidation sites excluding steroid dienone is 1. The Bertz CT molecular complexity index is 285. The van der Waals surface area contributed by atoms with Crippen LogP contribution >= 0.6 is 0 Å². The molecule has 1 fully saturated rings. The van der Waals surface area contributed by atoms with Crippen LogP contribution in [0, 0.1) is 17.8 Å². The molecule has 3 atom stereocenters. The van der Waals surface area contributed by atoms with E-state index in [1.807, 2.05) is 12.2 Å². The summed E-state index contributed by atoms with van der Waals surface area (Å²) in [6.07, 6.45) is 4.28. The van der Waals surface area contributed by atoms with Gasteiger partial charge in [0.15, 0.2) is 0 Å². The Kier molecular flexibility index (Phi) is 1.83. The van der Waals surface area contributed by atoms with E-state index in [9.17, 15) is 9.59 Å². The van der Waals surface area contributed by atoms with E-state index in [0.717, 1.165) is 0 Å². The van der Waals surface area contributed by atoms with Crippen molar-refractivity contribution < 1.29 is 14.7 Å². The molecular formula is C9H11NO3. The zero-order chi connectivity index (χ0) is 9.42. The predicted molar refractivity (Wildman–Crippen MR) is 44.9 cm³/mol. The number of carbonyl (C=O) groups is 2. The van der Waals surface area contributed by atoms with Crippen LogP contribution in [0.3, 0.4) is 0 Å². The van der Waals surface area contributed by atoms with E-state index in [1.54, 1.807) is 0 Å². The highest BCUT2D eigenvalue weighted by Crippen LogP contribution is 2.33. The summed E-state index contributed by atoms with van der Waals surface area (Å²) in [6.45, 7) is 0.587. The van der Waals surface area contributed by atoms with Gasteiger partial charge in [-0.1, -0.05) is 12.2 Å². The zero-order valence-corrected chi connectivity index (χ0v) is 7.06. The number of nitrogens with one attached hydrogen (secondary N) is 1. The number of aliphatic carboxylic acids is 1. The van der Waals surface area contributed by atoms with Crippen LogP contribution in [-0.2, 0) is 9.59 Å². The molecule has 1 aliphatic carbocycles. The molecule has 4 heteroatoms. The second-order valence-electron chi connectivity index (χ2n) is 3.54. The highest BCUT2D eigenvalue weighted by atomic mass is 16.4. The minimum absolute atomic E-state index is 0.0855. The van der Waals surface area contributed by atoms with Crippen molar-refractivity contribution in [1.82, 2.24) is 5.32 Å². The lowest BCUT2D eigenvalue weighted by molar-refractivity contribution is -0.147. The summed E-state index contributed by atoms with van der Waals surface area (Å²) in [5.41, 5.74) is 0. The molecule has 0 bridgehead atoms. The maximum atomic E-state index is 11.3. The maximum absolute atomic E-state index is 11.3. The van der Waals surface area contributed by atoms with E-state index in [0.29, 0.717) is 13.0 Å². The van der Waals surface area contributed by atoms with E-state index in [-0.39, 0.29) is 17.7 Å². The molecule has 0 aromatic heterocycles. The molecule has 0 aromatic carbocycles. The SMILES string of the molecule is O=C1NC[C@@H]2C=CC[C@H](C(=O)O)[C@H]12. The highest BCUT2D eigenvalue weighted by molar-refractivity contribution is 5.87. The van der Waals surface area contributed by atoms with Gasteiger partial charge in [-0.25, -0.2) is 0 Å². The quantitative estimate of drug-likeness (QED) is 0.560. The average Bonchev–Trinajstić information content (AvgIpc) is 2.48. The summed E-state index contributed by atoms with van der Waals surface area (Å²) in [4.78, 5) is 22.1. The summed E-state index contributed by atoms with van der Waals surface area (Å²) >= 11 is 0. The molecule has 2 rings (SSSR count). The Morgan fingerprint density at radius 1 is 1.62 bits per heavy atom. The van der Waals surface area contributed by atoms with Crippen LogP contribution in [0.1, 0.15) is 6.42 Å². The number of rotatable bonds is 1. The molecule has 0 aromatic rings. The lowest BCUT2D eigenvalue weighted by atomic mass is 9.77. The predicted octanol–water partition coefficient (Wildman–Crippen LogP) is 0.00930. The van der Waals surface area contributed by atoms with Crippen molar-refractivity contribution >= 4 is 11.9 Å². The summed E-state index contributed by atoms with van der Waals surface area (Å²) in [7, 11) is 0. The molecule has 1 aliphatic heterocycles. The van der Waals surface area contributed by atoms with Gasteiger partial charge in [-0.3, -0.25) is 9.59 Å². The molecule has 70 valence electrons. The van der Waals surface area contributed by atoms with Crippen LogP contribution in [0.15, 0.2) is 12.2 Å². The van der Waals surface area contributed by atoms with Gasteiger partial charge in [0, 0.05) is 12.5 Å². The second kappa shape index (κ2) is 2.87. The third-order valence-electron chi connectivity index (χ3n) is 2.80. The number of carbonyl (C=O) groups excluding carboxylic acids is 1. The Balaban J connectivity index is 2.27. The fourth-order valence-electron chi connectivity index (χ4n) is 2.13. The monoisotopic (exact) mass is 181 g/mol. The van der Waals surface area contributed by atoms with Crippen molar-refractivity contribution in [2.75, 3.05) is 6.54 Å². The Labute approximate surface area is 75.6 Å². The van der Waals surface area contributed by atoms with Crippen molar-refractivity contribution in [1.29, 1.82) is 0 Å². The molecule has 0 saturated carbocycles. The van der Waals surface area contributed by atoms with Gasteiger partial charge in [-0.05, 0) is 6.42 Å². The molecule has 1 saturated heterocycles. The Morgan fingerprint density at radius 2 is 2.38 bits per heavy atom. The molecule has 0 radical (unpaired) electrons. The van der Waals surface area contributed by atoms with Gasteiger partial charge in [0.05, 0.1) is 11.8 Å². The van der Waals surface area contributed by atoms with E-state index in [1.165, 1.54) is 0 Å². The van der Waals surface area contributed by atoms with Crippen LogP contribution in [0.5, 0.6) is 0 Å². The first kappa shape index (κ1) is 8.29. The van der Waals surface area contributed by atoms with Crippen LogP contribution in [0.4, 0.5) is 0 Å². The summed E-state index contributed by atoms with van der Waals surface area (Å²) in [5.74, 6) is -1.76. The van der Waals surface area contributed by atoms with Gasteiger partial charge in [0.25, 0.3) is 0 Å². The second-order valence-corrected chi connectivity index (χ2v) is 3.54. The molecule has 4 nitrogen and oxygen atoms in total.